The van der Waals surface area contributed by atoms with E-state index in [0.29, 0.717) is 18.6 Å². The number of carbonyl (C=O) groups excluding carboxylic acids is 1. The van der Waals surface area contributed by atoms with Gasteiger partial charge in [-0.15, -0.1) is 0 Å². The van der Waals surface area contributed by atoms with E-state index in [1.165, 1.54) is 29.9 Å². The molecule has 1 aromatic heterocycles. The van der Waals surface area contributed by atoms with Crippen LogP contribution in [0.25, 0.3) is 0 Å². The minimum Gasteiger partial charge on any atom is -0.321 e. The van der Waals surface area contributed by atoms with Gasteiger partial charge in [0, 0.05) is 24.5 Å². The summed E-state index contributed by atoms with van der Waals surface area (Å²) in [5.74, 6) is 0.604. The first-order valence-electron chi connectivity index (χ1n) is 9.61. The summed E-state index contributed by atoms with van der Waals surface area (Å²) in [6.45, 7) is 1.18. The molecule has 2 aliphatic carbocycles. The molecule has 0 aliphatic heterocycles. The van der Waals surface area contributed by atoms with Crippen molar-refractivity contribution in [2.75, 3.05) is 11.9 Å². The fourth-order valence-electron chi connectivity index (χ4n) is 3.95. The van der Waals surface area contributed by atoms with Crippen LogP contribution in [-0.4, -0.2) is 28.3 Å². The number of rotatable bonds is 7. The highest BCUT2D eigenvalue weighted by Crippen LogP contribution is 2.31. The summed E-state index contributed by atoms with van der Waals surface area (Å²) in [6, 6.07) is 9.42. The van der Waals surface area contributed by atoms with Crippen LogP contribution in [0.4, 0.5) is 10.2 Å². The Morgan fingerprint density at radius 2 is 1.88 bits per heavy atom. The molecule has 6 heteroatoms. The number of benzene rings is 1. The molecule has 1 amide bonds. The van der Waals surface area contributed by atoms with Crippen molar-refractivity contribution in [1.29, 1.82) is 0 Å². The van der Waals surface area contributed by atoms with Crippen LogP contribution in [0.3, 0.4) is 0 Å². The largest absolute Gasteiger partial charge is 0.321 e. The second-order valence-corrected chi connectivity index (χ2v) is 7.56. The first-order valence-corrected chi connectivity index (χ1v) is 9.61. The Labute approximate surface area is 153 Å². The Bertz CT molecular complexity index is 747. The smallest absolute Gasteiger partial charge is 0.280 e. The van der Waals surface area contributed by atoms with Crippen molar-refractivity contribution in [2.45, 2.75) is 57.2 Å². The lowest BCUT2D eigenvalue weighted by Gasteiger charge is -2.20. The van der Waals surface area contributed by atoms with Crippen molar-refractivity contribution >= 4 is 11.7 Å². The molecule has 4 rings (SSSR count). The Morgan fingerprint density at radius 1 is 1.15 bits per heavy atom. The maximum Gasteiger partial charge on any atom is 0.280 e. The lowest BCUT2D eigenvalue weighted by atomic mass is 10.2. The van der Waals surface area contributed by atoms with Gasteiger partial charge in [0.05, 0.1) is 18.3 Å². The molecule has 26 heavy (non-hydrogen) atoms. The predicted octanol–water partition coefficient (Wildman–Crippen LogP) is 2.32. The third-order valence-electron chi connectivity index (χ3n) is 5.50. The summed E-state index contributed by atoms with van der Waals surface area (Å²) in [5.41, 5.74) is 1.07. The molecule has 2 fully saturated rings. The zero-order valence-corrected chi connectivity index (χ0v) is 15.0. The minimum absolute atomic E-state index is 0.0220. The average Bonchev–Trinajstić information content (AvgIpc) is 3.13. The minimum atomic E-state index is -0.223. The Kier molecular flexibility index (Phi) is 5.02. The van der Waals surface area contributed by atoms with Gasteiger partial charge in [-0.05, 0) is 25.0 Å². The van der Waals surface area contributed by atoms with Crippen LogP contribution in [0.2, 0.25) is 0 Å². The van der Waals surface area contributed by atoms with Crippen LogP contribution in [0.1, 0.15) is 50.1 Å². The van der Waals surface area contributed by atoms with E-state index in [0.717, 1.165) is 43.6 Å². The zero-order chi connectivity index (χ0) is 17.9. The molecular formula is C20H26FN4O+. The van der Waals surface area contributed by atoms with E-state index in [2.05, 4.69) is 10.4 Å². The van der Waals surface area contributed by atoms with Crippen molar-refractivity contribution < 1.29 is 14.1 Å². The number of carbonyl (C=O) groups is 1. The van der Waals surface area contributed by atoms with Gasteiger partial charge < -0.3 is 10.2 Å². The molecule has 2 N–H and O–H groups in total. The summed E-state index contributed by atoms with van der Waals surface area (Å²) in [6.07, 6.45) is 8.80. The van der Waals surface area contributed by atoms with Crippen molar-refractivity contribution in [2.24, 2.45) is 0 Å². The van der Waals surface area contributed by atoms with Crippen molar-refractivity contribution in [3.05, 3.63) is 47.9 Å². The maximum atomic E-state index is 13.1. The highest BCUT2D eigenvalue weighted by Gasteiger charge is 2.34. The Morgan fingerprint density at radius 3 is 2.58 bits per heavy atom. The number of nitrogens with one attached hydrogen (secondary N) is 2. The molecule has 1 heterocycles. The quantitative estimate of drug-likeness (QED) is 0.799. The molecule has 2 saturated carbocycles. The van der Waals surface area contributed by atoms with Crippen LogP contribution in [-0.2, 0) is 11.3 Å². The standard InChI is InChI=1S/C20H25FN4O/c21-16-7-5-15(6-8-16)13-24(17-9-10-17)14-20(26)23-19-11-12-22-25(19)18-3-1-2-4-18/h5-8,11-12,17-18H,1-4,9-10,13-14H2,(H,23,26)/p+1. The van der Waals surface area contributed by atoms with E-state index in [9.17, 15) is 9.18 Å². The number of nitrogens with zero attached hydrogens (tertiary/aromatic N) is 2. The predicted molar refractivity (Wildman–Crippen MR) is 97.3 cm³/mol. The molecular weight excluding hydrogens is 331 g/mol. The first-order chi connectivity index (χ1) is 12.7. The summed E-state index contributed by atoms with van der Waals surface area (Å²) in [5, 5.41) is 7.47. The summed E-state index contributed by atoms with van der Waals surface area (Å²) in [4.78, 5) is 13.9. The van der Waals surface area contributed by atoms with Crippen LogP contribution < -0.4 is 10.2 Å². The zero-order valence-electron chi connectivity index (χ0n) is 15.0. The summed E-state index contributed by atoms with van der Waals surface area (Å²) < 4.78 is 15.1. The van der Waals surface area contributed by atoms with Gasteiger partial charge in [-0.25, -0.2) is 9.07 Å². The number of halogens is 1. The van der Waals surface area contributed by atoms with Gasteiger partial charge in [-0.1, -0.05) is 25.0 Å². The molecule has 1 atom stereocenters. The number of aromatic nitrogens is 2. The Balaban J connectivity index is 1.38. The molecule has 0 radical (unpaired) electrons. The van der Waals surface area contributed by atoms with Crippen LogP contribution in [0.5, 0.6) is 0 Å². The molecule has 2 aromatic rings. The van der Waals surface area contributed by atoms with E-state index >= 15 is 0 Å². The number of amides is 1. The fourth-order valence-corrected chi connectivity index (χ4v) is 3.95. The molecule has 0 spiro atoms. The number of anilines is 1. The fraction of sp³-hybridized carbons (Fsp3) is 0.500. The molecule has 2 aliphatic rings. The van der Waals surface area contributed by atoms with Crippen molar-refractivity contribution in [3.8, 4) is 0 Å². The van der Waals surface area contributed by atoms with E-state index < -0.39 is 0 Å². The van der Waals surface area contributed by atoms with Gasteiger partial charge in [0.1, 0.15) is 18.2 Å². The number of quaternary nitrogens is 1. The Hall–Kier alpha value is -2.21. The molecule has 1 unspecified atom stereocenters. The van der Waals surface area contributed by atoms with Gasteiger partial charge in [0.15, 0.2) is 6.54 Å². The lowest BCUT2D eigenvalue weighted by Crippen LogP contribution is -3.13. The third kappa shape index (κ3) is 4.12. The third-order valence-corrected chi connectivity index (χ3v) is 5.50. The van der Waals surface area contributed by atoms with Crippen LogP contribution in [0.15, 0.2) is 36.5 Å². The second-order valence-electron chi connectivity index (χ2n) is 7.56. The lowest BCUT2D eigenvalue weighted by molar-refractivity contribution is -0.916. The van der Waals surface area contributed by atoms with Crippen molar-refractivity contribution in [3.63, 3.8) is 0 Å². The molecule has 0 bridgehead atoms. The monoisotopic (exact) mass is 357 g/mol. The average molecular weight is 357 g/mol. The van der Waals surface area contributed by atoms with Gasteiger partial charge in [0.2, 0.25) is 0 Å². The van der Waals surface area contributed by atoms with Crippen LogP contribution >= 0.6 is 0 Å². The van der Waals surface area contributed by atoms with E-state index in [-0.39, 0.29) is 11.7 Å². The van der Waals surface area contributed by atoms with Gasteiger partial charge in [0.25, 0.3) is 5.91 Å². The highest BCUT2D eigenvalue weighted by molar-refractivity contribution is 5.90. The SMILES string of the molecule is O=C(C[NH+](Cc1ccc(F)cc1)C1CC1)Nc1ccnn1C1CCCC1. The molecule has 138 valence electrons. The number of hydrogen-bond donors (Lipinski definition) is 2. The highest BCUT2D eigenvalue weighted by atomic mass is 19.1. The van der Waals surface area contributed by atoms with Gasteiger partial charge in [-0.3, -0.25) is 4.79 Å². The van der Waals surface area contributed by atoms with E-state index in [1.54, 1.807) is 6.20 Å². The van der Waals surface area contributed by atoms with Gasteiger partial charge in [-0.2, -0.15) is 5.10 Å². The topological polar surface area (TPSA) is 51.4 Å². The molecule has 5 nitrogen and oxygen atoms in total. The second kappa shape index (κ2) is 7.58. The van der Waals surface area contributed by atoms with Gasteiger partial charge >= 0.3 is 0 Å². The first kappa shape index (κ1) is 17.2. The van der Waals surface area contributed by atoms with E-state index in [1.807, 2.05) is 22.9 Å². The number of hydrogen-bond acceptors (Lipinski definition) is 2. The maximum absolute atomic E-state index is 13.1. The summed E-state index contributed by atoms with van der Waals surface area (Å²) >= 11 is 0. The molecule has 1 aromatic carbocycles. The van der Waals surface area contributed by atoms with Crippen LogP contribution in [0, 0.1) is 5.82 Å². The van der Waals surface area contributed by atoms with Crippen molar-refractivity contribution in [1.82, 2.24) is 9.78 Å². The normalized spacial score (nSPS) is 18.8. The summed E-state index contributed by atoms with van der Waals surface area (Å²) in [7, 11) is 0. The van der Waals surface area contributed by atoms with E-state index in [4.69, 9.17) is 0 Å². The molecule has 0 saturated heterocycles.